The van der Waals surface area contributed by atoms with Crippen molar-refractivity contribution in [3.63, 3.8) is 0 Å². The molecule has 106 valence electrons. The number of hydrogen-bond donors (Lipinski definition) is 0. The van der Waals surface area contributed by atoms with Crippen molar-refractivity contribution < 1.29 is 0 Å². The quantitative estimate of drug-likeness (QED) is 0.613. The van der Waals surface area contributed by atoms with Crippen molar-refractivity contribution in [1.82, 2.24) is 4.90 Å². The summed E-state index contributed by atoms with van der Waals surface area (Å²) < 4.78 is 0. The minimum Gasteiger partial charge on any atom is -0.295 e. The Kier molecular flexibility index (Phi) is 6.86. The summed E-state index contributed by atoms with van der Waals surface area (Å²) in [6, 6.07) is 8.88. The molecule has 0 amide bonds. The van der Waals surface area contributed by atoms with Crippen molar-refractivity contribution in [1.29, 1.82) is 0 Å². The lowest BCUT2D eigenvalue weighted by molar-refractivity contribution is 0.303. The number of aryl methyl sites for hydroxylation is 1. The van der Waals surface area contributed by atoms with Gasteiger partial charge in [-0.2, -0.15) is 0 Å². The van der Waals surface area contributed by atoms with Gasteiger partial charge in [0.05, 0.1) is 0 Å². The Balaban J connectivity index is 2.72. The molecule has 1 aromatic carbocycles. The van der Waals surface area contributed by atoms with E-state index in [1.54, 1.807) is 0 Å². The van der Waals surface area contributed by atoms with Gasteiger partial charge in [-0.1, -0.05) is 57.2 Å². The van der Waals surface area contributed by atoms with Crippen molar-refractivity contribution in [2.75, 3.05) is 13.1 Å². The van der Waals surface area contributed by atoms with Crippen molar-refractivity contribution in [2.24, 2.45) is 5.92 Å². The minimum atomic E-state index is 0.769. The third-order valence-electron chi connectivity index (χ3n) is 3.44. The van der Waals surface area contributed by atoms with Crippen LogP contribution in [0.1, 0.15) is 45.2 Å². The lowest BCUT2D eigenvalue weighted by atomic mass is 9.98. The van der Waals surface area contributed by atoms with Crippen LogP contribution in [0.25, 0.3) is 0 Å². The molecule has 0 saturated carbocycles. The summed E-state index contributed by atoms with van der Waals surface area (Å²) in [7, 11) is 0. The zero-order valence-electron chi connectivity index (χ0n) is 13.1. The highest BCUT2D eigenvalue weighted by molar-refractivity contribution is 5.27. The molecule has 0 N–H and O–H groups in total. The zero-order valence-corrected chi connectivity index (χ0v) is 13.1. The van der Waals surface area contributed by atoms with Crippen LogP contribution in [-0.4, -0.2) is 18.0 Å². The van der Waals surface area contributed by atoms with E-state index >= 15 is 0 Å². The van der Waals surface area contributed by atoms with E-state index in [4.69, 9.17) is 0 Å². The van der Waals surface area contributed by atoms with Gasteiger partial charge in [-0.25, -0.2) is 0 Å². The van der Waals surface area contributed by atoms with Gasteiger partial charge in [-0.3, -0.25) is 4.90 Å². The van der Waals surface area contributed by atoms with Crippen LogP contribution in [0.2, 0.25) is 0 Å². The normalized spacial score (nSPS) is 11.3. The van der Waals surface area contributed by atoms with Gasteiger partial charge in [0.15, 0.2) is 0 Å². The fraction of sp³-hybridized carbons (Fsp3) is 0.556. The molecule has 0 aliphatic heterocycles. The van der Waals surface area contributed by atoms with Gasteiger partial charge in [0.1, 0.15) is 0 Å². The predicted molar refractivity (Wildman–Crippen MR) is 85.4 cm³/mol. The average Bonchev–Trinajstić information content (AvgIpc) is 2.36. The van der Waals surface area contributed by atoms with E-state index in [0.29, 0.717) is 0 Å². The van der Waals surface area contributed by atoms with Gasteiger partial charge in [0, 0.05) is 13.1 Å². The van der Waals surface area contributed by atoms with Crippen molar-refractivity contribution in [2.45, 2.75) is 47.1 Å². The zero-order chi connectivity index (χ0) is 14.3. The molecular weight excluding hydrogens is 230 g/mol. The standard InChI is InChI=1S/C18H29N/c1-6-19(13-16(4)5)14-18-10-8-7-9-17(18)12-11-15(2)3/h7-10,15H,4,6,11-14H2,1-3,5H3. The second-order valence-electron chi connectivity index (χ2n) is 5.96. The van der Waals surface area contributed by atoms with Crippen LogP contribution in [0.5, 0.6) is 0 Å². The monoisotopic (exact) mass is 259 g/mol. The fourth-order valence-corrected chi connectivity index (χ4v) is 2.30. The summed E-state index contributed by atoms with van der Waals surface area (Å²) >= 11 is 0. The Hall–Kier alpha value is -1.08. The van der Waals surface area contributed by atoms with Crippen molar-refractivity contribution in [3.05, 3.63) is 47.5 Å². The van der Waals surface area contributed by atoms with Gasteiger partial charge in [-0.15, -0.1) is 0 Å². The number of rotatable bonds is 8. The Morgan fingerprint density at radius 2 is 1.84 bits per heavy atom. The molecule has 0 aliphatic carbocycles. The summed E-state index contributed by atoms with van der Waals surface area (Å²) in [6.07, 6.45) is 2.46. The third-order valence-corrected chi connectivity index (χ3v) is 3.44. The molecule has 0 saturated heterocycles. The number of benzene rings is 1. The van der Waals surface area contributed by atoms with Gasteiger partial charge in [-0.05, 0) is 43.4 Å². The molecule has 0 aliphatic rings. The SMILES string of the molecule is C=C(C)CN(CC)Cc1ccccc1CCC(C)C. The molecule has 19 heavy (non-hydrogen) atoms. The summed E-state index contributed by atoms with van der Waals surface area (Å²) in [6.45, 7) is 16.0. The molecule has 0 spiro atoms. The number of nitrogens with zero attached hydrogens (tertiary/aromatic N) is 1. The predicted octanol–water partition coefficient (Wildman–Crippen LogP) is 4.67. The van der Waals surface area contributed by atoms with Crippen LogP contribution < -0.4 is 0 Å². The Morgan fingerprint density at radius 3 is 2.37 bits per heavy atom. The highest BCUT2D eigenvalue weighted by atomic mass is 15.1. The third kappa shape index (κ3) is 6.07. The first-order valence-electron chi connectivity index (χ1n) is 7.46. The summed E-state index contributed by atoms with van der Waals surface area (Å²) in [5.41, 5.74) is 4.23. The maximum atomic E-state index is 4.02. The molecule has 1 heteroatoms. The molecule has 0 heterocycles. The molecule has 1 nitrogen and oxygen atoms in total. The first-order valence-corrected chi connectivity index (χ1v) is 7.46. The van der Waals surface area contributed by atoms with Crippen LogP contribution in [0, 0.1) is 5.92 Å². The molecule has 0 atom stereocenters. The summed E-state index contributed by atoms with van der Waals surface area (Å²) in [4.78, 5) is 2.45. The molecule has 0 unspecified atom stereocenters. The molecule has 0 bridgehead atoms. The second kappa shape index (κ2) is 8.16. The van der Waals surface area contributed by atoms with Crippen LogP contribution in [-0.2, 0) is 13.0 Å². The van der Waals surface area contributed by atoms with Gasteiger partial charge >= 0.3 is 0 Å². The van der Waals surface area contributed by atoms with Crippen molar-refractivity contribution in [3.8, 4) is 0 Å². The van der Waals surface area contributed by atoms with E-state index in [0.717, 1.165) is 25.6 Å². The smallest absolute Gasteiger partial charge is 0.0239 e. The van der Waals surface area contributed by atoms with Crippen molar-refractivity contribution >= 4 is 0 Å². The van der Waals surface area contributed by atoms with E-state index in [2.05, 4.69) is 63.4 Å². The summed E-state index contributed by atoms with van der Waals surface area (Å²) in [5, 5.41) is 0. The van der Waals surface area contributed by atoms with Gasteiger partial charge < -0.3 is 0 Å². The van der Waals surface area contributed by atoms with Gasteiger partial charge in [0.2, 0.25) is 0 Å². The molecular formula is C18H29N. The maximum Gasteiger partial charge on any atom is 0.0239 e. The van der Waals surface area contributed by atoms with Crippen LogP contribution in [0.3, 0.4) is 0 Å². The lowest BCUT2D eigenvalue weighted by Crippen LogP contribution is -2.25. The van der Waals surface area contributed by atoms with E-state index in [-0.39, 0.29) is 0 Å². The molecule has 0 fully saturated rings. The summed E-state index contributed by atoms with van der Waals surface area (Å²) in [5.74, 6) is 0.769. The largest absolute Gasteiger partial charge is 0.295 e. The number of likely N-dealkylation sites (N-methyl/N-ethyl adjacent to an activating group) is 1. The molecule has 0 radical (unpaired) electrons. The Morgan fingerprint density at radius 1 is 1.21 bits per heavy atom. The van der Waals surface area contributed by atoms with Gasteiger partial charge in [0.25, 0.3) is 0 Å². The first kappa shape index (κ1) is 16.0. The van der Waals surface area contributed by atoms with Crippen LogP contribution in [0.15, 0.2) is 36.4 Å². The highest BCUT2D eigenvalue weighted by Gasteiger charge is 2.08. The average molecular weight is 259 g/mol. The van der Waals surface area contributed by atoms with E-state index in [1.165, 1.54) is 29.5 Å². The van der Waals surface area contributed by atoms with E-state index < -0.39 is 0 Å². The van der Waals surface area contributed by atoms with E-state index in [1.807, 2.05) is 0 Å². The maximum absolute atomic E-state index is 4.02. The lowest BCUT2D eigenvalue weighted by Gasteiger charge is -2.22. The van der Waals surface area contributed by atoms with Crippen LogP contribution >= 0.6 is 0 Å². The van der Waals surface area contributed by atoms with E-state index in [9.17, 15) is 0 Å². The molecule has 1 rings (SSSR count). The fourth-order valence-electron chi connectivity index (χ4n) is 2.30. The van der Waals surface area contributed by atoms with Crippen LogP contribution in [0.4, 0.5) is 0 Å². The second-order valence-corrected chi connectivity index (χ2v) is 5.96. The molecule has 0 aromatic heterocycles. The number of hydrogen-bond acceptors (Lipinski definition) is 1. The highest BCUT2D eigenvalue weighted by Crippen LogP contribution is 2.16. The Labute approximate surface area is 119 Å². The Bertz CT molecular complexity index is 392. The first-order chi connectivity index (χ1) is 9.02. The molecule has 1 aromatic rings. The topological polar surface area (TPSA) is 3.24 Å². The minimum absolute atomic E-state index is 0.769.